The van der Waals surface area contributed by atoms with Crippen molar-refractivity contribution in [3.8, 4) is 0 Å². The first kappa shape index (κ1) is 20.6. The first-order valence-electron chi connectivity index (χ1n) is 8.14. The minimum Gasteiger partial charge on any atom is -0.465 e. The molecule has 0 radical (unpaired) electrons. The summed E-state index contributed by atoms with van der Waals surface area (Å²) in [5.74, 6) is 1.64. The van der Waals surface area contributed by atoms with Crippen LogP contribution in [0.1, 0.15) is 22.3 Å². The summed E-state index contributed by atoms with van der Waals surface area (Å²) < 4.78 is 4.71. The minimum absolute atomic E-state index is 0.416. The van der Waals surface area contributed by atoms with Crippen LogP contribution in [0.25, 0.3) is 0 Å². The molecule has 0 aliphatic heterocycles. The van der Waals surface area contributed by atoms with Gasteiger partial charge in [0.25, 0.3) is 0 Å². The first-order valence-corrected chi connectivity index (χ1v) is 10.1. The number of halogens is 1. The van der Waals surface area contributed by atoms with Crippen LogP contribution in [0.4, 0.5) is 5.69 Å². The van der Waals surface area contributed by atoms with E-state index in [1.807, 2.05) is 17.8 Å². The summed E-state index contributed by atoms with van der Waals surface area (Å²) in [7, 11) is 1.34. The Morgan fingerprint density at radius 1 is 1.23 bits per heavy atom. The summed E-state index contributed by atoms with van der Waals surface area (Å²) in [6.07, 6.45) is 0.995. The topological polar surface area (TPSA) is 50.4 Å². The monoisotopic (exact) mass is 408 g/mol. The summed E-state index contributed by atoms with van der Waals surface area (Å²) in [5.41, 5.74) is 2.33. The van der Waals surface area contributed by atoms with Gasteiger partial charge in [0.2, 0.25) is 0 Å². The molecule has 0 atom stereocenters. The molecule has 0 aromatic heterocycles. The van der Waals surface area contributed by atoms with Gasteiger partial charge in [-0.15, -0.1) is 0 Å². The van der Waals surface area contributed by atoms with Gasteiger partial charge in [0, 0.05) is 12.3 Å². The molecule has 26 heavy (non-hydrogen) atoms. The van der Waals surface area contributed by atoms with Gasteiger partial charge in [0.05, 0.1) is 23.4 Å². The largest absolute Gasteiger partial charge is 0.465 e. The molecule has 0 aliphatic rings. The smallest absolute Gasteiger partial charge is 0.337 e. The molecule has 0 heterocycles. The van der Waals surface area contributed by atoms with Crippen molar-refractivity contribution in [1.29, 1.82) is 0 Å². The van der Waals surface area contributed by atoms with Gasteiger partial charge in [0.1, 0.15) is 0 Å². The zero-order valence-corrected chi connectivity index (χ0v) is 16.8. The maximum atomic E-state index is 11.6. The van der Waals surface area contributed by atoms with Crippen LogP contribution in [0.3, 0.4) is 0 Å². The van der Waals surface area contributed by atoms with Crippen molar-refractivity contribution in [1.82, 2.24) is 5.32 Å². The molecule has 0 aliphatic carbocycles. The van der Waals surface area contributed by atoms with Gasteiger partial charge >= 0.3 is 5.97 Å². The quantitative estimate of drug-likeness (QED) is 0.374. The number of ether oxygens (including phenoxy) is 1. The average Bonchev–Trinajstić information content (AvgIpc) is 2.66. The number of esters is 1. The zero-order chi connectivity index (χ0) is 18.8. The van der Waals surface area contributed by atoms with Crippen LogP contribution in [0.15, 0.2) is 48.5 Å². The second kappa shape index (κ2) is 11.1. The maximum absolute atomic E-state index is 11.6. The number of rotatable bonds is 8. The Morgan fingerprint density at radius 3 is 2.73 bits per heavy atom. The molecule has 7 heteroatoms. The third-order valence-corrected chi connectivity index (χ3v) is 5.19. The van der Waals surface area contributed by atoms with Crippen LogP contribution in [-0.2, 0) is 10.5 Å². The highest BCUT2D eigenvalue weighted by molar-refractivity contribution is 7.98. The van der Waals surface area contributed by atoms with Crippen molar-refractivity contribution in [2.45, 2.75) is 12.2 Å². The number of carbonyl (C=O) groups is 1. The fraction of sp³-hybridized carbons (Fsp3) is 0.263. The van der Waals surface area contributed by atoms with Crippen LogP contribution in [0.5, 0.6) is 0 Å². The predicted molar refractivity (Wildman–Crippen MR) is 114 cm³/mol. The summed E-state index contributed by atoms with van der Waals surface area (Å²) in [4.78, 5) is 11.6. The zero-order valence-electron chi connectivity index (χ0n) is 14.5. The molecule has 4 nitrogen and oxygen atoms in total. The molecule has 2 N–H and O–H groups in total. The summed E-state index contributed by atoms with van der Waals surface area (Å²) in [5, 5.41) is 7.13. The summed E-state index contributed by atoms with van der Waals surface area (Å²) in [6.45, 7) is 0.766. The van der Waals surface area contributed by atoms with Crippen LogP contribution >= 0.6 is 35.6 Å². The number of carbonyl (C=O) groups excluding carboxylic acids is 1. The summed E-state index contributed by atoms with van der Waals surface area (Å²) >= 11 is 13.3. The van der Waals surface area contributed by atoms with Crippen molar-refractivity contribution in [2.24, 2.45) is 0 Å². The molecule has 0 unspecified atom stereocenters. The molecule has 0 amide bonds. The molecule has 0 bridgehead atoms. The van der Waals surface area contributed by atoms with Crippen LogP contribution in [0, 0.1) is 0 Å². The van der Waals surface area contributed by atoms with Gasteiger partial charge in [-0.25, -0.2) is 4.79 Å². The third-order valence-electron chi connectivity index (χ3n) is 3.50. The Kier molecular flexibility index (Phi) is 8.74. The molecule has 2 aromatic rings. The van der Waals surface area contributed by atoms with Gasteiger partial charge < -0.3 is 15.4 Å². The lowest BCUT2D eigenvalue weighted by atomic mass is 10.2. The van der Waals surface area contributed by atoms with Gasteiger partial charge in [-0.3, -0.25) is 0 Å². The van der Waals surface area contributed by atoms with E-state index in [2.05, 4.69) is 34.9 Å². The molecule has 0 saturated carbocycles. The Labute approximate surface area is 168 Å². The van der Waals surface area contributed by atoms with E-state index < -0.39 is 5.97 Å². The molecular weight excluding hydrogens is 388 g/mol. The Bertz CT molecular complexity index is 742. The molecule has 2 rings (SSSR count). The molecule has 138 valence electrons. The van der Waals surface area contributed by atoms with Crippen molar-refractivity contribution in [3.05, 3.63) is 64.7 Å². The number of anilines is 1. The number of hydrogen-bond donors (Lipinski definition) is 2. The third kappa shape index (κ3) is 6.86. The highest BCUT2D eigenvalue weighted by Crippen LogP contribution is 2.23. The van der Waals surface area contributed by atoms with E-state index >= 15 is 0 Å². The highest BCUT2D eigenvalue weighted by atomic mass is 35.5. The number of benzene rings is 2. The molecule has 0 saturated heterocycles. The van der Waals surface area contributed by atoms with E-state index in [1.165, 1.54) is 12.7 Å². The first-order chi connectivity index (χ1) is 12.6. The lowest BCUT2D eigenvalue weighted by molar-refractivity contribution is 0.0601. The maximum Gasteiger partial charge on any atom is 0.337 e. The Balaban J connectivity index is 1.69. The van der Waals surface area contributed by atoms with E-state index in [9.17, 15) is 4.79 Å². The van der Waals surface area contributed by atoms with E-state index in [0.29, 0.717) is 21.4 Å². The number of hydrogen-bond acceptors (Lipinski definition) is 4. The van der Waals surface area contributed by atoms with Crippen molar-refractivity contribution in [3.63, 3.8) is 0 Å². The predicted octanol–water partition coefficient (Wildman–Crippen LogP) is 4.74. The molecule has 0 spiro atoms. The summed E-state index contributed by atoms with van der Waals surface area (Å²) in [6, 6.07) is 15.3. The van der Waals surface area contributed by atoms with Crippen LogP contribution in [-0.4, -0.2) is 30.5 Å². The highest BCUT2D eigenvalue weighted by Gasteiger charge is 2.09. The standard InChI is InChI=1S/C19H21ClN2O2S2/c1-24-18(23)15-8-9-16(20)17(12-15)22-19(25)21-10-5-11-26-13-14-6-3-2-4-7-14/h2-4,6-9,12H,5,10-11,13H2,1H3,(H2,21,22,25). The van der Waals surface area contributed by atoms with Crippen molar-refractivity contribution in [2.75, 3.05) is 24.7 Å². The lowest BCUT2D eigenvalue weighted by Crippen LogP contribution is -2.29. The van der Waals surface area contributed by atoms with Crippen molar-refractivity contribution >= 4 is 52.3 Å². The number of thiocarbonyl (C=S) groups is 1. The molecular formula is C19H21ClN2O2S2. The van der Waals surface area contributed by atoms with Gasteiger partial charge in [0.15, 0.2) is 5.11 Å². The van der Waals surface area contributed by atoms with Gasteiger partial charge in [-0.05, 0) is 48.2 Å². The van der Waals surface area contributed by atoms with Crippen LogP contribution < -0.4 is 10.6 Å². The molecule has 0 fully saturated rings. The fourth-order valence-electron chi connectivity index (χ4n) is 2.17. The molecule has 2 aromatic carbocycles. The van der Waals surface area contributed by atoms with Crippen LogP contribution in [0.2, 0.25) is 5.02 Å². The normalized spacial score (nSPS) is 10.2. The van der Waals surface area contributed by atoms with E-state index in [4.69, 9.17) is 28.6 Å². The van der Waals surface area contributed by atoms with E-state index in [-0.39, 0.29) is 0 Å². The van der Waals surface area contributed by atoms with E-state index in [1.54, 1.807) is 18.2 Å². The number of nitrogens with one attached hydrogen (secondary N) is 2. The van der Waals surface area contributed by atoms with Gasteiger partial charge in [-0.2, -0.15) is 11.8 Å². The second-order valence-corrected chi connectivity index (χ2v) is 7.38. The SMILES string of the molecule is COC(=O)c1ccc(Cl)c(NC(=S)NCCCSCc2ccccc2)c1. The van der Waals surface area contributed by atoms with Crippen molar-refractivity contribution < 1.29 is 9.53 Å². The Morgan fingerprint density at radius 2 is 2.00 bits per heavy atom. The minimum atomic E-state index is -0.418. The average molecular weight is 409 g/mol. The van der Waals surface area contributed by atoms with Gasteiger partial charge in [-0.1, -0.05) is 41.9 Å². The van der Waals surface area contributed by atoms with E-state index in [0.717, 1.165) is 24.5 Å². The number of thioether (sulfide) groups is 1. The Hall–Kier alpha value is -1.76. The fourth-order valence-corrected chi connectivity index (χ4v) is 3.47. The second-order valence-electron chi connectivity index (χ2n) is 5.46. The number of methoxy groups -OCH3 is 1. The lowest BCUT2D eigenvalue weighted by Gasteiger charge is -2.12.